The van der Waals surface area contributed by atoms with E-state index in [0.29, 0.717) is 28.8 Å². The van der Waals surface area contributed by atoms with Gasteiger partial charge in [-0.05, 0) is 18.2 Å². The molecule has 0 spiro atoms. The highest BCUT2D eigenvalue weighted by atomic mass is 35.5. The van der Waals surface area contributed by atoms with Crippen LogP contribution in [0.25, 0.3) is 10.9 Å². The first kappa shape index (κ1) is 16.3. The zero-order chi connectivity index (χ0) is 17.6. The third-order valence-electron chi connectivity index (χ3n) is 4.79. The number of urea groups is 1. The lowest BCUT2D eigenvalue weighted by atomic mass is 10.0. The minimum Gasteiger partial charge on any atom is -0.347 e. The minimum absolute atomic E-state index is 0.164. The second kappa shape index (κ2) is 6.28. The van der Waals surface area contributed by atoms with Gasteiger partial charge in [-0.3, -0.25) is 0 Å². The number of fused-ring (bicyclic) bond motifs is 3. The minimum atomic E-state index is -0.164. The van der Waals surface area contributed by atoms with Crippen molar-refractivity contribution in [2.75, 3.05) is 11.9 Å². The number of para-hydroxylation sites is 1. The van der Waals surface area contributed by atoms with Crippen LogP contribution in [0, 0.1) is 0 Å². The van der Waals surface area contributed by atoms with Crippen molar-refractivity contribution >= 4 is 45.8 Å². The van der Waals surface area contributed by atoms with E-state index in [1.807, 2.05) is 17.0 Å². The normalized spacial score (nSPS) is 13.8. The van der Waals surface area contributed by atoms with Crippen molar-refractivity contribution < 1.29 is 4.79 Å². The number of anilines is 1. The number of aryl methyl sites for hydroxylation is 1. The van der Waals surface area contributed by atoms with Gasteiger partial charge in [0.1, 0.15) is 0 Å². The second-order valence-electron chi connectivity index (χ2n) is 6.20. The van der Waals surface area contributed by atoms with E-state index in [4.69, 9.17) is 23.2 Å². The number of nitrogens with one attached hydrogen (secondary N) is 1. The number of hydrogen-bond acceptors (Lipinski definition) is 1. The lowest BCUT2D eigenvalue weighted by Crippen LogP contribution is -2.39. The Bertz CT molecular complexity index is 980. The summed E-state index contributed by atoms with van der Waals surface area (Å²) in [7, 11) is 2.09. The van der Waals surface area contributed by atoms with Crippen LogP contribution in [0.4, 0.5) is 10.5 Å². The fourth-order valence-corrected chi connectivity index (χ4v) is 3.85. The van der Waals surface area contributed by atoms with Crippen molar-refractivity contribution in [1.82, 2.24) is 9.47 Å². The molecule has 1 aromatic heterocycles. The molecule has 128 valence electrons. The Balaban J connectivity index is 1.61. The molecule has 0 bridgehead atoms. The quantitative estimate of drug-likeness (QED) is 0.634. The maximum atomic E-state index is 12.7. The van der Waals surface area contributed by atoms with Gasteiger partial charge in [-0.1, -0.05) is 47.5 Å². The number of hydrogen-bond donors (Lipinski definition) is 1. The molecule has 3 aromatic rings. The number of aromatic nitrogens is 1. The molecule has 0 fully saturated rings. The van der Waals surface area contributed by atoms with Gasteiger partial charge in [0.2, 0.25) is 0 Å². The van der Waals surface area contributed by atoms with Crippen molar-refractivity contribution in [2.24, 2.45) is 7.05 Å². The van der Waals surface area contributed by atoms with Gasteiger partial charge < -0.3 is 14.8 Å². The zero-order valence-corrected chi connectivity index (χ0v) is 15.2. The molecule has 1 N–H and O–H groups in total. The lowest BCUT2D eigenvalue weighted by molar-refractivity contribution is 0.206. The van der Waals surface area contributed by atoms with E-state index in [1.54, 1.807) is 18.2 Å². The highest BCUT2D eigenvalue weighted by molar-refractivity contribution is 6.43. The van der Waals surface area contributed by atoms with Crippen LogP contribution in [0.3, 0.4) is 0 Å². The number of rotatable bonds is 1. The molecule has 0 atom stereocenters. The van der Waals surface area contributed by atoms with Gasteiger partial charge in [0, 0.05) is 48.7 Å². The Kier molecular flexibility index (Phi) is 4.10. The highest BCUT2D eigenvalue weighted by Crippen LogP contribution is 2.32. The summed E-state index contributed by atoms with van der Waals surface area (Å²) in [6.45, 7) is 1.25. The summed E-state index contributed by atoms with van der Waals surface area (Å²) in [5, 5.41) is 4.86. The maximum Gasteiger partial charge on any atom is 0.322 e. The van der Waals surface area contributed by atoms with Gasteiger partial charge in [-0.2, -0.15) is 0 Å². The fraction of sp³-hybridized carbons (Fsp3) is 0.211. The molecule has 2 amide bonds. The maximum absolute atomic E-state index is 12.7. The Hall–Kier alpha value is -2.17. The molecule has 25 heavy (non-hydrogen) atoms. The van der Waals surface area contributed by atoms with Crippen molar-refractivity contribution in [3.8, 4) is 0 Å². The summed E-state index contributed by atoms with van der Waals surface area (Å²) in [6.07, 6.45) is 0.831. The first-order valence-corrected chi connectivity index (χ1v) is 8.87. The molecule has 4 rings (SSSR count). The molecule has 6 heteroatoms. The molecule has 0 aliphatic carbocycles. The SMILES string of the molecule is Cn1c2c(c3ccccc31)CN(C(=O)Nc1cccc(Cl)c1Cl)CC2. The zero-order valence-electron chi connectivity index (χ0n) is 13.7. The van der Waals surface area contributed by atoms with Gasteiger partial charge in [0.25, 0.3) is 0 Å². The predicted molar refractivity (Wildman–Crippen MR) is 103 cm³/mol. The van der Waals surface area contributed by atoms with E-state index in [2.05, 4.69) is 29.1 Å². The van der Waals surface area contributed by atoms with Crippen molar-refractivity contribution in [2.45, 2.75) is 13.0 Å². The first-order valence-electron chi connectivity index (χ1n) is 8.11. The number of nitrogens with zero attached hydrogens (tertiary/aromatic N) is 2. The molecule has 1 aliphatic rings. The smallest absolute Gasteiger partial charge is 0.322 e. The van der Waals surface area contributed by atoms with E-state index in [1.165, 1.54) is 22.2 Å². The topological polar surface area (TPSA) is 37.3 Å². The summed E-state index contributed by atoms with van der Waals surface area (Å²) in [5.41, 5.74) is 4.25. The van der Waals surface area contributed by atoms with Crippen LogP contribution >= 0.6 is 23.2 Å². The molecule has 0 saturated carbocycles. The molecule has 1 aliphatic heterocycles. The van der Waals surface area contributed by atoms with Crippen molar-refractivity contribution in [3.05, 3.63) is 63.8 Å². The number of halogens is 2. The summed E-state index contributed by atoms with van der Waals surface area (Å²) in [5.74, 6) is 0. The molecule has 0 unspecified atom stereocenters. The Morgan fingerprint density at radius 1 is 1.12 bits per heavy atom. The van der Waals surface area contributed by atoms with E-state index in [0.717, 1.165) is 6.42 Å². The van der Waals surface area contributed by atoms with Crippen LogP contribution in [0.2, 0.25) is 10.0 Å². The van der Waals surface area contributed by atoms with Crippen molar-refractivity contribution in [1.29, 1.82) is 0 Å². The standard InChI is InChI=1S/C19H17Cl2N3O/c1-23-16-8-3-2-5-12(16)13-11-24(10-9-17(13)23)19(25)22-15-7-4-6-14(20)18(15)21/h2-8H,9-11H2,1H3,(H,22,25). The molecule has 2 heterocycles. The van der Waals surface area contributed by atoms with E-state index in [-0.39, 0.29) is 6.03 Å². The van der Waals surface area contributed by atoms with Crippen LogP contribution < -0.4 is 5.32 Å². The summed E-state index contributed by atoms with van der Waals surface area (Å²) in [4.78, 5) is 14.5. The molecule has 2 aromatic carbocycles. The van der Waals surface area contributed by atoms with Crippen LogP contribution in [0.15, 0.2) is 42.5 Å². The summed E-state index contributed by atoms with van der Waals surface area (Å²) >= 11 is 12.2. The molecule has 0 radical (unpaired) electrons. The van der Waals surface area contributed by atoms with Gasteiger partial charge in [0.15, 0.2) is 0 Å². The molecule has 4 nitrogen and oxygen atoms in total. The molecular formula is C19H17Cl2N3O. The first-order chi connectivity index (χ1) is 12.1. The van der Waals surface area contributed by atoms with Crippen LogP contribution in [0.1, 0.15) is 11.3 Å². The largest absolute Gasteiger partial charge is 0.347 e. The van der Waals surface area contributed by atoms with E-state index in [9.17, 15) is 4.79 Å². The predicted octanol–water partition coefficient (Wildman–Crippen LogP) is 5.08. The van der Waals surface area contributed by atoms with Crippen LogP contribution in [0.5, 0.6) is 0 Å². The second-order valence-corrected chi connectivity index (χ2v) is 6.99. The van der Waals surface area contributed by atoms with Crippen LogP contribution in [-0.2, 0) is 20.0 Å². The average Bonchev–Trinajstić information content (AvgIpc) is 2.91. The third-order valence-corrected chi connectivity index (χ3v) is 5.61. The lowest BCUT2D eigenvalue weighted by Gasteiger charge is -2.28. The number of amides is 2. The van der Waals surface area contributed by atoms with Gasteiger partial charge in [0.05, 0.1) is 15.7 Å². The number of carbonyl (C=O) groups excluding carboxylic acids is 1. The Morgan fingerprint density at radius 2 is 1.92 bits per heavy atom. The number of carbonyl (C=O) groups is 1. The summed E-state index contributed by atoms with van der Waals surface area (Å²) in [6, 6.07) is 13.4. The monoisotopic (exact) mass is 373 g/mol. The van der Waals surface area contributed by atoms with Gasteiger partial charge >= 0.3 is 6.03 Å². The fourth-order valence-electron chi connectivity index (χ4n) is 3.50. The Morgan fingerprint density at radius 3 is 2.76 bits per heavy atom. The Labute approximate surface area is 155 Å². The van der Waals surface area contributed by atoms with Gasteiger partial charge in [-0.15, -0.1) is 0 Å². The average molecular weight is 374 g/mol. The van der Waals surface area contributed by atoms with E-state index < -0.39 is 0 Å². The van der Waals surface area contributed by atoms with Crippen LogP contribution in [-0.4, -0.2) is 22.0 Å². The number of benzene rings is 2. The van der Waals surface area contributed by atoms with Gasteiger partial charge in [-0.25, -0.2) is 4.79 Å². The summed E-state index contributed by atoms with van der Waals surface area (Å²) < 4.78 is 2.23. The highest BCUT2D eigenvalue weighted by Gasteiger charge is 2.25. The third kappa shape index (κ3) is 2.75. The molecular weight excluding hydrogens is 357 g/mol. The molecule has 0 saturated heterocycles. The van der Waals surface area contributed by atoms with E-state index >= 15 is 0 Å². The van der Waals surface area contributed by atoms with Crippen molar-refractivity contribution in [3.63, 3.8) is 0 Å².